The molecule has 20 heavy (non-hydrogen) atoms. The molecule has 0 bridgehead atoms. The Labute approximate surface area is 122 Å². The molecule has 0 unspecified atom stereocenters. The van der Waals surface area contributed by atoms with E-state index in [1.165, 1.54) is 37.9 Å². The van der Waals surface area contributed by atoms with E-state index in [1.807, 2.05) is 32.0 Å². The lowest BCUT2D eigenvalue weighted by Gasteiger charge is -2.26. The van der Waals surface area contributed by atoms with Crippen LogP contribution in [0.25, 0.3) is 0 Å². The van der Waals surface area contributed by atoms with Gasteiger partial charge in [0.1, 0.15) is 0 Å². The van der Waals surface area contributed by atoms with Crippen LogP contribution in [0.2, 0.25) is 0 Å². The van der Waals surface area contributed by atoms with Gasteiger partial charge >= 0.3 is 0 Å². The SMILES string of the molecule is Cc1cccc(C(=O)NCCCN2CCCCC2)c1C. The van der Waals surface area contributed by atoms with Crippen molar-refractivity contribution in [1.82, 2.24) is 10.2 Å². The third-order valence-corrected chi connectivity index (χ3v) is 4.23. The van der Waals surface area contributed by atoms with E-state index in [2.05, 4.69) is 10.2 Å². The van der Waals surface area contributed by atoms with E-state index in [-0.39, 0.29) is 5.91 Å². The number of amides is 1. The van der Waals surface area contributed by atoms with Crippen molar-refractivity contribution in [2.45, 2.75) is 39.5 Å². The highest BCUT2D eigenvalue weighted by molar-refractivity contribution is 5.95. The Balaban J connectivity index is 1.73. The molecule has 1 heterocycles. The van der Waals surface area contributed by atoms with Gasteiger partial charge in [0.15, 0.2) is 0 Å². The third kappa shape index (κ3) is 4.07. The number of nitrogens with zero attached hydrogens (tertiary/aromatic N) is 1. The first-order valence-electron chi connectivity index (χ1n) is 7.75. The molecule has 1 aromatic rings. The Morgan fingerprint density at radius 2 is 1.95 bits per heavy atom. The molecular formula is C17H26N2O. The summed E-state index contributed by atoms with van der Waals surface area (Å²) in [6.45, 7) is 8.38. The number of likely N-dealkylation sites (tertiary alicyclic amines) is 1. The Morgan fingerprint density at radius 3 is 2.70 bits per heavy atom. The molecule has 0 aliphatic carbocycles. The summed E-state index contributed by atoms with van der Waals surface area (Å²) in [7, 11) is 0. The topological polar surface area (TPSA) is 32.3 Å². The molecule has 2 rings (SSSR count). The lowest BCUT2D eigenvalue weighted by Crippen LogP contribution is -2.33. The van der Waals surface area contributed by atoms with Crippen molar-refractivity contribution < 1.29 is 4.79 Å². The van der Waals surface area contributed by atoms with Crippen molar-refractivity contribution in [2.24, 2.45) is 0 Å². The molecule has 0 atom stereocenters. The zero-order chi connectivity index (χ0) is 14.4. The predicted molar refractivity (Wildman–Crippen MR) is 83.2 cm³/mol. The second-order valence-corrected chi connectivity index (χ2v) is 5.76. The Morgan fingerprint density at radius 1 is 1.20 bits per heavy atom. The molecule has 0 saturated carbocycles. The number of carbonyl (C=O) groups excluding carboxylic acids is 1. The van der Waals surface area contributed by atoms with E-state index in [0.717, 1.165) is 30.6 Å². The van der Waals surface area contributed by atoms with Crippen molar-refractivity contribution in [3.05, 3.63) is 34.9 Å². The van der Waals surface area contributed by atoms with E-state index >= 15 is 0 Å². The van der Waals surface area contributed by atoms with E-state index < -0.39 is 0 Å². The van der Waals surface area contributed by atoms with E-state index in [0.29, 0.717) is 0 Å². The second-order valence-electron chi connectivity index (χ2n) is 5.76. The van der Waals surface area contributed by atoms with Gasteiger partial charge in [-0.15, -0.1) is 0 Å². The van der Waals surface area contributed by atoms with E-state index in [4.69, 9.17) is 0 Å². The third-order valence-electron chi connectivity index (χ3n) is 4.23. The summed E-state index contributed by atoms with van der Waals surface area (Å²) >= 11 is 0. The minimum atomic E-state index is 0.0600. The van der Waals surface area contributed by atoms with E-state index in [1.54, 1.807) is 0 Å². The second kappa shape index (κ2) is 7.44. The molecule has 1 fully saturated rings. The molecule has 1 saturated heterocycles. The van der Waals surface area contributed by atoms with Gasteiger partial charge in [0, 0.05) is 12.1 Å². The number of nitrogens with one attached hydrogen (secondary N) is 1. The van der Waals surface area contributed by atoms with Crippen molar-refractivity contribution >= 4 is 5.91 Å². The molecular weight excluding hydrogens is 248 g/mol. The van der Waals surface area contributed by atoms with Gasteiger partial charge in [-0.05, 0) is 69.9 Å². The van der Waals surface area contributed by atoms with Crippen molar-refractivity contribution in [2.75, 3.05) is 26.2 Å². The molecule has 1 aliphatic heterocycles. The maximum atomic E-state index is 12.1. The lowest BCUT2D eigenvalue weighted by molar-refractivity contribution is 0.0950. The van der Waals surface area contributed by atoms with Crippen LogP contribution in [0.4, 0.5) is 0 Å². The monoisotopic (exact) mass is 274 g/mol. The summed E-state index contributed by atoms with van der Waals surface area (Å²) in [5, 5.41) is 3.04. The highest BCUT2D eigenvalue weighted by Gasteiger charge is 2.11. The normalized spacial score (nSPS) is 16.1. The molecule has 1 amide bonds. The number of aryl methyl sites for hydroxylation is 1. The fourth-order valence-electron chi connectivity index (χ4n) is 2.78. The number of benzene rings is 1. The first-order valence-corrected chi connectivity index (χ1v) is 7.75. The fraction of sp³-hybridized carbons (Fsp3) is 0.588. The van der Waals surface area contributed by atoms with Crippen LogP contribution in [0.1, 0.15) is 47.2 Å². The zero-order valence-corrected chi connectivity index (χ0v) is 12.7. The van der Waals surface area contributed by atoms with Crippen molar-refractivity contribution in [3.8, 4) is 0 Å². The summed E-state index contributed by atoms with van der Waals surface area (Å²) in [5.74, 6) is 0.0600. The average molecular weight is 274 g/mol. The number of rotatable bonds is 5. The molecule has 1 N–H and O–H groups in total. The largest absolute Gasteiger partial charge is 0.352 e. The van der Waals surface area contributed by atoms with Crippen LogP contribution < -0.4 is 5.32 Å². The molecule has 1 aromatic carbocycles. The summed E-state index contributed by atoms with van der Waals surface area (Å²) in [5.41, 5.74) is 3.06. The Hall–Kier alpha value is -1.35. The number of piperidine rings is 1. The van der Waals surface area contributed by atoms with E-state index in [9.17, 15) is 4.79 Å². The lowest BCUT2D eigenvalue weighted by atomic mass is 10.0. The molecule has 0 spiro atoms. The smallest absolute Gasteiger partial charge is 0.251 e. The van der Waals surface area contributed by atoms with Gasteiger partial charge in [-0.25, -0.2) is 0 Å². The van der Waals surface area contributed by atoms with Crippen molar-refractivity contribution in [1.29, 1.82) is 0 Å². The quantitative estimate of drug-likeness (QED) is 0.837. The standard InChI is InChI=1S/C17H26N2O/c1-14-8-6-9-16(15(14)2)17(20)18-10-7-13-19-11-4-3-5-12-19/h6,8-9H,3-5,7,10-13H2,1-2H3,(H,18,20). The first kappa shape index (κ1) is 15.0. The maximum Gasteiger partial charge on any atom is 0.251 e. The Bertz CT molecular complexity index is 450. The van der Waals surface area contributed by atoms with Gasteiger partial charge < -0.3 is 10.2 Å². The number of hydrogen-bond donors (Lipinski definition) is 1. The summed E-state index contributed by atoms with van der Waals surface area (Å²) in [4.78, 5) is 14.7. The minimum absolute atomic E-state index is 0.0600. The van der Waals surface area contributed by atoms with Crippen LogP contribution in [-0.4, -0.2) is 37.0 Å². The molecule has 1 aliphatic rings. The first-order chi connectivity index (χ1) is 9.68. The van der Waals surface area contributed by atoms with Crippen LogP contribution in [0.15, 0.2) is 18.2 Å². The zero-order valence-electron chi connectivity index (χ0n) is 12.7. The summed E-state index contributed by atoms with van der Waals surface area (Å²) in [6, 6.07) is 5.90. The average Bonchev–Trinajstić information content (AvgIpc) is 2.47. The van der Waals surface area contributed by atoms with Gasteiger partial charge in [0.25, 0.3) is 5.91 Å². The highest BCUT2D eigenvalue weighted by atomic mass is 16.1. The van der Waals surface area contributed by atoms with Gasteiger partial charge in [-0.3, -0.25) is 4.79 Å². The van der Waals surface area contributed by atoms with Gasteiger partial charge in [-0.1, -0.05) is 18.6 Å². The van der Waals surface area contributed by atoms with Crippen LogP contribution >= 0.6 is 0 Å². The Kier molecular flexibility index (Phi) is 5.60. The van der Waals surface area contributed by atoms with Crippen LogP contribution in [0.5, 0.6) is 0 Å². The summed E-state index contributed by atoms with van der Waals surface area (Å²) in [6.07, 6.45) is 5.07. The van der Waals surface area contributed by atoms with Crippen LogP contribution in [-0.2, 0) is 0 Å². The van der Waals surface area contributed by atoms with Crippen LogP contribution in [0, 0.1) is 13.8 Å². The number of hydrogen-bond acceptors (Lipinski definition) is 2. The molecule has 3 nitrogen and oxygen atoms in total. The van der Waals surface area contributed by atoms with Gasteiger partial charge in [0.2, 0.25) is 0 Å². The predicted octanol–water partition coefficient (Wildman–Crippen LogP) is 2.91. The minimum Gasteiger partial charge on any atom is -0.352 e. The molecule has 3 heteroatoms. The van der Waals surface area contributed by atoms with Gasteiger partial charge in [0.05, 0.1) is 0 Å². The molecule has 0 aromatic heterocycles. The highest BCUT2D eigenvalue weighted by Crippen LogP contribution is 2.12. The molecule has 110 valence electrons. The van der Waals surface area contributed by atoms with Gasteiger partial charge in [-0.2, -0.15) is 0 Å². The van der Waals surface area contributed by atoms with Crippen molar-refractivity contribution in [3.63, 3.8) is 0 Å². The maximum absolute atomic E-state index is 12.1. The summed E-state index contributed by atoms with van der Waals surface area (Å²) < 4.78 is 0. The fourth-order valence-corrected chi connectivity index (χ4v) is 2.78. The number of carbonyl (C=O) groups is 1. The molecule has 0 radical (unpaired) electrons. The van der Waals surface area contributed by atoms with Crippen LogP contribution in [0.3, 0.4) is 0 Å².